The highest BCUT2D eigenvalue weighted by atomic mass is 16.6. The highest BCUT2D eigenvalue weighted by Gasteiger charge is 2.39. The van der Waals surface area contributed by atoms with Crippen molar-refractivity contribution >= 4 is 23.6 Å². The first-order valence-corrected chi connectivity index (χ1v) is 13.9. The van der Waals surface area contributed by atoms with E-state index in [1.165, 1.54) is 0 Å². The smallest absolute Gasteiger partial charge is 0.408 e. The number of carbonyl (C=O) groups excluding carboxylic acids is 3. The highest BCUT2D eigenvalue weighted by Crippen LogP contribution is 2.30. The van der Waals surface area contributed by atoms with Crippen molar-refractivity contribution in [2.75, 3.05) is 5.32 Å². The molecule has 2 rings (SSSR count). The first kappa shape index (κ1) is 32.4. The molecule has 0 radical (unpaired) electrons. The minimum atomic E-state index is -0.969. The van der Waals surface area contributed by atoms with Crippen LogP contribution in [0.1, 0.15) is 89.6 Å². The lowest BCUT2D eigenvalue weighted by Gasteiger charge is -2.38. The monoisotopic (exact) mass is 547 g/mol. The average Bonchev–Trinajstić information content (AvgIpc) is 2.87. The van der Waals surface area contributed by atoms with Crippen molar-refractivity contribution in [1.29, 1.82) is 0 Å². The summed E-state index contributed by atoms with van der Waals surface area (Å²) in [6, 6.07) is 10.7. The van der Waals surface area contributed by atoms with E-state index in [0.29, 0.717) is 29.7 Å². The maximum Gasteiger partial charge on any atom is 0.408 e. The number of terminal acetylenes is 1. The number of aryl methyl sites for hydroxylation is 2. The fourth-order valence-electron chi connectivity index (χ4n) is 4.52. The van der Waals surface area contributed by atoms with Gasteiger partial charge < -0.3 is 20.3 Å². The summed E-state index contributed by atoms with van der Waals surface area (Å²) in [5.74, 6) is 2.00. The Kier molecular flexibility index (Phi) is 11.4. The molecule has 0 bridgehead atoms. The summed E-state index contributed by atoms with van der Waals surface area (Å²) >= 11 is 0. The van der Waals surface area contributed by atoms with E-state index >= 15 is 0 Å². The van der Waals surface area contributed by atoms with Crippen molar-refractivity contribution in [3.8, 4) is 12.3 Å². The summed E-state index contributed by atoms with van der Waals surface area (Å²) in [7, 11) is 0. The molecule has 0 aromatic heterocycles. The van der Waals surface area contributed by atoms with E-state index in [9.17, 15) is 14.4 Å². The lowest BCUT2D eigenvalue weighted by molar-refractivity contribution is -0.143. The SMILES string of the molecule is C#Cc1ccc(C(C(=O)Nc2c(C)cccc2C)N(C(=O)C(CC(C)C)NC(=O)OC(C)(C)C)C(C)CC)cc1. The summed E-state index contributed by atoms with van der Waals surface area (Å²) in [5.41, 5.74) is 3.11. The van der Waals surface area contributed by atoms with Crippen molar-refractivity contribution < 1.29 is 19.1 Å². The van der Waals surface area contributed by atoms with Crippen LogP contribution in [0.5, 0.6) is 0 Å². The number of alkyl carbamates (subject to hydrolysis) is 1. The van der Waals surface area contributed by atoms with Crippen LogP contribution in [0.25, 0.3) is 0 Å². The first-order valence-electron chi connectivity index (χ1n) is 13.9. The van der Waals surface area contributed by atoms with Gasteiger partial charge in [0.1, 0.15) is 17.7 Å². The second-order valence-corrected chi connectivity index (χ2v) is 11.8. The molecule has 0 aliphatic heterocycles. The third-order valence-electron chi connectivity index (χ3n) is 6.67. The van der Waals surface area contributed by atoms with Gasteiger partial charge >= 0.3 is 6.09 Å². The topological polar surface area (TPSA) is 87.7 Å². The molecule has 2 aromatic carbocycles. The molecule has 3 unspecified atom stereocenters. The van der Waals surface area contributed by atoms with E-state index in [1.807, 2.05) is 59.7 Å². The van der Waals surface area contributed by atoms with Gasteiger partial charge in [-0.05, 0) is 89.1 Å². The van der Waals surface area contributed by atoms with Gasteiger partial charge in [-0.3, -0.25) is 9.59 Å². The quantitative estimate of drug-likeness (QED) is 0.331. The van der Waals surface area contributed by atoms with Crippen LogP contribution >= 0.6 is 0 Å². The van der Waals surface area contributed by atoms with Crippen molar-refractivity contribution in [3.05, 3.63) is 64.7 Å². The van der Waals surface area contributed by atoms with Crippen LogP contribution in [0.15, 0.2) is 42.5 Å². The molecule has 0 spiro atoms. The molecule has 0 saturated heterocycles. The van der Waals surface area contributed by atoms with Gasteiger partial charge in [-0.25, -0.2) is 4.79 Å². The standard InChI is InChI=1S/C33H45N3O4/c1-11-24(7)36(31(38)27(20-21(3)4)34-32(39)40-33(8,9)10)29(26-18-16-25(12-2)17-19-26)30(37)35-28-22(5)14-13-15-23(28)6/h2,13-19,21,24,27,29H,11,20H2,1,3-10H3,(H,34,39)(H,35,37). The number of rotatable bonds is 10. The molecule has 7 nitrogen and oxygen atoms in total. The van der Waals surface area contributed by atoms with E-state index in [2.05, 4.69) is 16.6 Å². The number of hydrogen-bond donors (Lipinski definition) is 2. The Balaban J connectivity index is 2.63. The van der Waals surface area contributed by atoms with Gasteiger partial charge in [-0.1, -0.05) is 57.0 Å². The van der Waals surface area contributed by atoms with E-state index < -0.39 is 23.8 Å². The number of hydrogen-bond acceptors (Lipinski definition) is 4. The number of anilines is 1. The molecule has 2 N–H and O–H groups in total. The molecule has 7 heteroatoms. The minimum Gasteiger partial charge on any atom is -0.444 e. The van der Waals surface area contributed by atoms with Crippen LogP contribution in [0.4, 0.5) is 10.5 Å². The first-order chi connectivity index (χ1) is 18.7. The summed E-state index contributed by atoms with van der Waals surface area (Å²) in [6.45, 7) is 17.0. The fourth-order valence-corrected chi connectivity index (χ4v) is 4.52. The zero-order chi connectivity index (χ0) is 30.2. The molecule has 216 valence electrons. The number of carbonyl (C=O) groups is 3. The van der Waals surface area contributed by atoms with E-state index in [1.54, 1.807) is 49.9 Å². The van der Waals surface area contributed by atoms with Gasteiger partial charge in [0.15, 0.2) is 0 Å². The third-order valence-corrected chi connectivity index (χ3v) is 6.67. The maximum absolute atomic E-state index is 14.4. The maximum atomic E-state index is 14.4. The summed E-state index contributed by atoms with van der Waals surface area (Å²) in [4.78, 5) is 42.9. The molecular formula is C33H45N3O4. The number of amides is 3. The predicted molar refractivity (Wildman–Crippen MR) is 161 cm³/mol. The molecule has 40 heavy (non-hydrogen) atoms. The Labute approximate surface area is 240 Å². The van der Waals surface area contributed by atoms with Crippen LogP contribution < -0.4 is 10.6 Å². The number of para-hydroxylation sites is 1. The van der Waals surface area contributed by atoms with Gasteiger partial charge in [0.2, 0.25) is 5.91 Å². The normalized spacial score (nSPS) is 13.5. The van der Waals surface area contributed by atoms with Crippen molar-refractivity contribution in [3.63, 3.8) is 0 Å². The number of ether oxygens (including phenoxy) is 1. The average molecular weight is 548 g/mol. The van der Waals surface area contributed by atoms with Crippen molar-refractivity contribution in [2.45, 2.75) is 98.9 Å². The Morgan fingerprint density at radius 1 is 1.00 bits per heavy atom. The van der Waals surface area contributed by atoms with Crippen LogP contribution in [-0.4, -0.2) is 40.5 Å². The highest BCUT2D eigenvalue weighted by molar-refractivity contribution is 6.00. The van der Waals surface area contributed by atoms with E-state index in [-0.39, 0.29) is 23.8 Å². The molecule has 2 aromatic rings. The van der Waals surface area contributed by atoms with Gasteiger partial charge in [0, 0.05) is 17.3 Å². The van der Waals surface area contributed by atoms with Crippen LogP contribution in [0.2, 0.25) is 0 Å². The van der Waals surface area contributed by atoms with E-state index in [0.717, 1.165) is 11.1 Å². The molecule has 0 aliphatic rings. The van der Waals surface area contributed by atoms with Crippen molar-refractivity contribution in [2.24, 2.45) is 5.92 Å². The van der Waals surface area contributed by atoms with E-state index in [4.69, 9.17) is 11.2 Å². The molecule has 0 fully saturated rings. The number of nitrogens with one attached hydrogen (secondary N) is 2. The lowest BCUT2D eigenvalue weighted by Crippen LogP contribution is -2.55. The molecule has 0 aliphatic carbocycles. The number of benzene rings is 2. The van der Waals surface area contributed by atoms with Crippen LogP contribution in [0.3, 0.4) is 0 Å². The van der Waals surface area contributed by atoms with Gasteiger partial charge in [-0.2, -0.15) is 0 Å². The van der Waals surface area contributed by atoms with Crippen LogP contribution in [0, 0.1) is 32.1 Å². The molecule has 0 saturated carbocycles. The Morgan fingerprint density at radius 3 is 2.05 bits per heavy atom. The van der Waals surface area contributed by atoms with Gasteiger partial charge in [0.25, 0.3) is 5.91 Å². The van der Waals surface area contributed by atoms with Crippen molar-refractivity contribution in [1.82, 2.24) is 10.2 Å². The largest absolute Gasteiger partial charge is 0.444 e. The fraction of sp³-hybridized carbons (Fsp3) is 0.485. The second kappa shape index (κ2) is 14.0. The number of nitrogens with zero attached hydrogens (tertiary/aromatic N) is 1. The zero-order valence-corrected chi connectivity index (χ0v) is 25.4. The molecular weight excluding hydrogens is 502 g/mol. The lowest BCUT2D eigenvalue weighted by atomic mass is 9.96. The van der Waals surface area contributed by atoms with Gasteiger partial charge in [0.05, 0.1) is 0 Å². The predicted octanol–water partition coefficient (Wildman–Crippen LogP) is 6.53. The summed E-state index contributed by atoms with van der Waals surface area (Å²) < 4.78 is 5.47. The van der Waals surface area contributed by atoms with Gasteiger partial charge in [-0.15, -0.1) is 6.42 Å². The Bertz CT molecular complexity index is 1200. The second-order valence-electron chi connectivity index (χ2n) is 11.8. The van der Waals surface area contributed by atoms with Crippen LogP contribution in [-0.2, 0) is 14.3 Å². The Morgan fingerprint density at radius 2 is 1.57 bits per heavy atom. The third kappa shape index (κ3) is 8.87. The zero-order valence-electron chi connectivity index (χ0n) is 25.4. The summed E-state index contributed by atoms with van der Waals surface area (Å²) in [6.07, 6.45) is 5.88. The molecule has 3 amide bonds. The molecule has 3 atom stereocenters. The molecule has 0 heterocycles. The summed E-state index contributed by atoms with van der Waals surface area (Å²) in [5, 5.41) is 5.87. The Hall–Kier alpha value is -3.79. The minimum absolute atomic E-state index is 0.0967.